The monoisotopic (exact) mass is 631 g/mol. The number of nitrogens with zero attached hydrogens (tertiary/aromatic N) is 3. The Morgan fingerprint density at radius 3 is 2.41 bits per heavy atom. The number of rotatable bonds is 8. The number of fused-ring (bicyclic) bond motifs is 1. The first-order chi connectivity index (χ1) is 22.2. The zero-order valence-corrected chi connectivity index (χ0v) is 24.8. The van der Waals surface area contributed by atoms with Crippen molar-refractivity contribution in [1.82, 2.24) is 14.5 Å². The summed E-state index contributed by atoms with van der Waals surface area (Å²) in [5, 5.41) is 15.1. The van der Waals surface area contributed by atoms with Crippen LogP contribution in [-0.2, 0) is 0 Å². The van der Waals surface area contributed by atoms with Crippen molar-refractivity contribution >= 4 is 23.4 Å². The number of nitrogens with one attached hydrogen (secondary N) is 2. The molecule has 0 radical (unpaired) electrons. The maximum Gasteiger partial charge on any atom is 0.323 e. The van der Waals surface area contributed by atoms with Gasteiger partial charge in [-0.3, -0.25) is 19.5 Å². The summed E-state index contributed by atoms with van der Waals surface area (Å²) in [7, 11) is 0. The minimum atomic E-state index is -0.828. The van der Waals surface area contributed by atoms with Crippen LogP contribution < -0.4 is 25.7 Å². The zero-order chi connectivity index (χ0) is 32.4. The predicted octanol–water partition coefficient (Wildman–Crippen LogP) is 5.19. The largest absolute Gasteiger partial charge is 0.493 e. The van der Waals surface area contributed by atoms with Gasteiger partial charge in [-0.15, -0.1) is 0 Å². The summed E-state index contributed by atoms with van der Waals surface area (Å²) in [4.78, 5) is 45.3. The van der Waals surface area contributed by atoms with Crippen molar-refractivity contribution in [2.24, 2.45) is 11.8 Å². The summed E-state index contributed by atoms with van der Waals surface area (Å²) < 4.78 is 40.9. The minimum absolute atomic E-state index is 0.0377. The summed E-state index contributed by atoms with van der Waals surface area (Å²) >= 11 is 0. The van der Waals surface area contributed by atoms with Gasteiger partial charge >= 0.3 is 6.03 Å². The van der Waals surface area contributed by atoms with E-state index in [9.17, 15) is 23.9 Å². The van der Waals surface area contributed by atoms with Gasteiger partial charge in [-0.25, -0.2) is 18.6 Å². The van der Waals surface area contributed by atoms with Crippen LogP contribution in [-0.4, -0.2) is 57.3 Å². The third-order valence-electron chi connectivity index (χ3n) is 8.08. The van der Waals surface area contributed by atoms with E-state index in [1.165, 1.54) is 71.6 Å². The van der Waals surface area contributed by atoms with Crippen molar-refractivity contribution in [2.45, 2.75) is 25.9 Å². The summed E-state index contributed by atoms with van der Waals surface area (Å²) in [6.45, 7) is 3.02. The number of hydrogen-bond acceptors (Lipinski definition) is 7. The number of hydrogen-bond donors (Lipinski definition) is 3. The van der Waals surface area contributed by atoms with E-state index in [-0.39, 0.29) is 53.1 Å². The molecule has 2 aromatic carbocycles. The fraction of sp³-hybridized carbons (Fsp3) is 0.273. The molecule has 11 nitrogen and oxygen atoms in total. The zero-order valence-electron chi connectivity index (χ0n) is 24.8. The normalized spacial score (nSPS) is 18.6. The van der Waals surface area contributed by atoms with Crippen LogP contribution in [0.2, 0.25) is 0 Å². The van der Waals surface area contributed by atoms with E-state index in [0.717, 1.165) is 6.07 Å². The van der Waals surface area contributed by atoms with Crippen molar-refractivity contribution in [2.75, 3.05) is 30.3 Å². The average molecular weight is 632 g/mol. The van der Waals surface area contributed by atoms with E-state index in [2.05, 4.69) is 15.6 Å². The van der Waals surface area contributed by atoms with Crippen LogP contribution in [0.3, 0.4) is 0 Å². The lowest BCUT2D eigenvalue weighted by Gasteiger charge is -2.18. The summed E-state index contributed by atoms with van der Waals surface area (Å²) in [5.74, 6) is -1.20. The molecule has 2 fully saturated rings. The highest BCUT2D eigenvalue weighted by Crippen LogP contribution is 2.38. The number of aliphatic hydroxyl groups excluding tert-OH is 1. The number of aliphatic hydroxyl groups is 1. The van der Waals surface area contributed by atoms with Crippen LogP contribution in [0, 0.1) is 23.5 Å². The second-order valence-electron chi connectivity index (χ2n) is 11.2. The molecule has 238 valence electrons. The van der Waals surface area contributed by atoms with E-state index < -0.39 is 23.1 Å². The third-order valence-corrected chi connectivity index (χ3v) is 8.08. The average Bonchev–Trinajstić information content (AvgIpc) is 3.57. The van der Waals surface area contributed by atoms with Gasteiger partial charge in [0.05, 0.1) is 12.7 Å². The number of aromatic nitrogens is 2. The molecule has 46 heavy (non-hydrogen) atoms. The van der Waals surface area contributed by atoms with E-state index in [0.29, 0.717) is 43.5 Å². The molecule has 1 saturated carbocycles. The molecule has 4 aromatic rings. The topological polar surface area (TPSA) is 135 Å². The predicted molar refractivity (Wildman–Crippen MR) is 165 cm³/mol. The van der Waals surface area contributed by atoms with E-state index in [1.807, 2.05) is 0 Å². The molecule has 6 rings (SSSR count). The lowest BCUT2D eigenvalue weighted by Crippen LogP contribution is -2.34. The molecule has 2 aliphatic rings. The molecule has 2 unspecified atom stereocenters. The van der Waals surface area contributed by atoms with Crippen molar-refractivity contribution < 1.29 is 33.0 Å². The second-order valence-corrected chi connectivity index (χ2v) is 11.2. The molecule has 3 N–H and O–H groups in total. The maximum atomic E-state index is 15.1. The Morgan fingerprint density at radius 2 is 1.72 bits per heavy atom. The van der Waals surface area contributed by atoms with Crippen molar-refractivity contribution in [3.8, 4) is 22.9 Å². The Balaban J connectivity index is 1.13. The van der Waals surface area contributed by atoms with Crippen LogP contribution in [0.1, 0.15) is 30.1 Å². The number of anilines is 2. The van der Waals surface area contributed by atoms with E-state index >= 15 is 4.39 Å². The molecule has 1 aliphatic carbocycles. The highest BCUT2D eigenvalue weighted by Gasteiger charge is 2.41. The first kappa shape index (κ1) is 30.7. The smallest absolute Gasteiger partial charge is 0.323 e. The molecule has 13 heteroatoms. The van der Waals surface area contributed by atoms with Crippen LogP contribution >= 0.6 is 0 Å². The van der Waals surface area contributed by atoms with Gasteiger partial charge < -0.3 is 24.8 Å². The molecule has 2 aromatic heterocycles. The van der Waals surface area contributed by atoms with Gasteiger partial charge in [0, 0.05) is 49.0 Å². The van der Waals surface area contributed by atoms with Crippen LogP contribution in [0.25, 0.3) is 5.69 Å². The number of ether oxygens (including phenoxy) is 2. The maximum absolute atomic E-state index is 15.1. The van der Waals surface area contributed by atoms with E-state index in [4.69, 9.17) is 9.47 Å². The number of carbonyl (C=O) groups is 2. The van der Waals surface area contributed by atoms with Crippen LogP contribution in [0.5, 0.6) is 17.2 Å². The Kier molecular flexibility index (Phi) is 8.66. The summed E-state index contributed by atoms with van der Waals surface area (Å²) in [6.07, 6.45) is 3.93. The number of amides is 3. The number of pyridine rings is 2. The van der Waals surface area contributed by atoms with Gasteiger partial charge in [-0.2, -0.15) is 0 Å². The number of likely N-dealkylation sites (tertiary alicyclic amines) is 1. The SMILES string of the molecule is CCOc1ccn(-c2ccc(F)cc2)c(=O)c1C(=O)Nc1ccc(Oc2ccnc(NC(=O)N3CC4CC(O)C[C@@H]4C3)c2)c(F)c1. The molecule has 0 bridgehead atoms. The number of benzene rings is 2. The summed E-state index contributed by atoms with van der Waals surface area (Å²) in [5.41, 5.74) is -0.619. The second kappa shape index (κ2) is 13.0. The standard InChI is InChI=1S/C33H31F2N5O6/c1-2-45-28-10-12-40(23-6-3-21(34)4-7-23)32(43)30(28)31(42)37-22-5-8-27(26(35)15-22)46-25-9-11-36-29(16-25)38-33(44)39-17-19-13-24(41)14-20(19)18-39/h3-12,15-16,19-20,24,41H,2,13-14,17-18H2,1H3,(H,37,42)(H,36,38,44)/t19-,20?,24?/m1/s1. The Bertz CT molecular complexity index is 1820. The number of carbonyl (C=O) groups excluding carboxylic acids is 2. The van der Waals surface area contributed by atoms with Gasteiger partial charge in [0.15, 0.2) is 11.6 Å². The van der Waals surface area contributed by atoms with E-state index in [1.54, 1.807) is 11.8 Å². The molecule has 3 heterocycles. The third kappa shape index (κ3) is 6.54. The van der Waals surface area contributed by atoms with Crippen LogP contribution in [0.4, 0.5) is 25.1 Å². The Morgan fingerprint density at radius 1 is 0.978 bits per heavy atom. The Labute approximate surface area is 262 Å². The molecule has 3 amide bonds. The van der Waals surface area contributed by atoms with Gasteiger partial charge in [-0.1, -0.05) is 0 Å². The fourth-order valence-corrected chi connectivity index (χ4v) is 5.96. The minimum Gasteiger partial charge on any atom is -0.493 e. The number of urea groups is 1. The molecule has 1 aliphatic heterocycles. The molecule has 1 saturated heterocycles. The highest BCUT2D eigenvalue weighted by atomic mass is 19.1. The molecule has 3 atom stereocenters. The lowest BCUT2D eigenvalue weighted by atomic mass is 10.0. The highest BCUT2D eigenvalue weighted by molar-refractivity contribution is 6.06. The quantitative estimate of drug-likeness (QED) is 0.244. The molecule has 0 spiro atoms. The lowest BCUT2D eigenvalue weighted by molar-refractivity contribution is 0.102. The number of halogens is 2. The van der Waals surface area contributed by atoms with Gasteiger partial charge in [0.1, 0.15) is 28.7 Å². The van der Waals surface area contributed by atoms with Crippen LogP contribution in [0.15, 0.2) is 77.9 Å². The van der Waals surface area contributed by atoms with Crippen molar-refractivity contribution in [1.29, 1.82) is 0 Å². The fourth-order valence-electron chi connectivity index (χ4n) is 5.96. The first-order valence-corrected chi connectivity index (χ1v) is 14.8. The van der Waals surface area contributed by atoms with Crippen molar-refractivity contribution in [3.63, 3.8) is 0 Å². The van der Waals surface area contributed by atoms with Crippen molar-refractivity contribution in [3.05, 3.63) is 101 Å². The van der Waals surface area contributed by atoms with Gasteiger partial charge in [-0.05, 0) is 80.1 Å². The Hall–Kier alpha value is -5.30. The molecular weight excluding hydrogens is 600 g/mol. The molecular formula is C33H31F2N5O6. The van der Waals surface area contributed by atoms with Gasteiger partial charge in [0.25, 0.3) is 11.5 Å². The van der Waals surface area contributed by atoms with Gasteiger partial charge in [0.2, 0.25) is 0 Å². The summed E-state index contributed by atoms with van der Waals surface area (Å²) in [6, 6.07) is 13.1. The first-order valence-electron chi connectivity index (χ1n) is 14.8.